The molecule has 0 radical (unpaired) electrons. The molecule has 150 valence electrons. The number of carbonyl (C=O) groups is 1. The van der Waals surface area contributed by atoms with Crippen LogP contribution in [0.1, 0.15) is 27.2 Å². The molecule has 0 fully saturated rings. The maximum absolute atomic E-state index is 12.3. The number of ether oxygens (including phenoxy) is 1. The van der Waals surface area contributed by atoms with Gasteiger partial charge in [-0.25, -0.2) is 9.97 Å². The number of nitrogens with one attached hydrogen (secondary N) is 1. The number of thiazole rings is 1. The Morgan fingerprint density at radius 1 is 1.00 bits per heavy atom. The number of pyridine rings is 1. The van der Waals surface area contributed by atoms with E-state index in [1.165, 1.54) is 11.3 Å². The van der Waals surface area contributed by atoms with Crippen LogP contribution in [0, 0.1) is 20.8 Å². The highest BCUT2D eigenvalue weighted by Gasteiger charge is 2.14. The molecular weight excluding hydrogens is 398 g/mol. The number of benzene rings is 1. The molecule has 0 unspecified atom stereocenters. The summed E-state index contributed by atoms with van der Waals surface area (Å²) in [5.41, 5.74) is 5.18. The highest BCUT2D eigenvalue weighted by molar-refractivity contribution is 7.14. The number of nitrogens with zero attached hydrogens (tertiary/aromatic N) is 4. The van der Waals surface area contributed by atoms with Crippen LogP contribution < -0.4 is 10.1 Å². The van der Waals surface area contributed by atoms with Crippen molar-refractivity contribution >= 4 is 22.4 Å². The van der Waals surface area contributed by atoms with E-state index in [0.29, 0.717) is 22.3 Å². The zero-order chi connectivity index (χ0) is 21.1. The van der Waals surface area contributed by atoms with Gasteiger partial charge in [0.15, 0.2) is 5.13 Å². The first kappa shape index (κ1) is 19.7. The number of anilines is 1. The van der Waals surface area contributed by atoms with Crippen LogP contribution in [0.25, 0.3) is 11.3 Å². The molecule has 1 aromatic carbocycles. The van der Waals surface area contributed by atoms with E-state index in [1.807, 2.05) is 38.3 Å². The number of aromatic nitrogens is 4. The molecule has 0 saturated carbocycles. The highest BCUT2D eigenvalue weighted by atomic mass is 32.1. The molecule has 0 aliphatic carbocycles. The standard InChI is InChI=1S/C22H19N5O2S/c1-13-8-17(29-19-11-24-10-15(3)25-19)9-14(2)20(13)18-12-30-22(26-18)27-21(28)16-4-6-23-7-5-16/h4-12H,1-3H3,(H,26,27,28). The van der Waals surface area contributed by atoms with E-state index < -0.39 is 0 Å². The maximum atomic E-state index is 12.3. The van der Waals surface area contributed by atoms with Crippen LogP contribution >= 0.6 is 11.3 Å². The van der Waals surface area contributed by atoms with Gasteiger partial charge in [0.1, 0.15) is 5.75 Å². The molecule has 0 bridgehead atoms. The predicted molar refractivity (Wildman–Crippen MR) is 116 cm³/mol. The molecule has 7 nitrogen and oxygen atoms in total. The molecule has 4 aromatic rings. The predicted octanol–water partition coefficient (Wildman–Crippen LogP) is 4.96. The van der Waals surface area contributed by atoms with Crippen LogP contribution in [0.4, 0.5) is 5.13 Å². The van der Waals surface area contributed by atoms with Gasteiger partial charge in [0.05, 0.1) is 17.6 Å². The van der Waals surface area contributed by atoms with Crippen LogP contribution in [0.15, 0.2) is 54.4 Å². The Kier molecular flexibility index (Phi) is 5.49. The molecule has 0 spiro atoms. The van der Waals surface area contributed by atoms with Crippen molar-refractivity contribution in [1.82, 2.24) is 19.9 Å². The van der Waals surface area contributed by atoms with Crippen molar-refractivity contribution in [3.8, 4) is 22.9 Å². The summed E-state index contributed by atoms with van der Waals surface area (Å²) >= 11 is 1.39. The SMILES string of the molecule is Cc1cncc(Oc2cc(C)c(-c3csc(NC(=O)c4ccncc4)n3)c(C)c2)n1. The fourth-order valence-electron chi connectivity index (χ4n) is 3.12. The molecular formula is C22H19N5O2S. The first-order valence-corrected chi connectivity index (χ1v) is 10.1. The minimum absolute atomic E-state index is 0.213. The minimum atomic E-state index is -0.213. The van der Waals surface area contributed by atoms with Crippen molar-refractivity contribution in [1.29, 1.82) is 0 Å². The van der Waals surface area contributed by atoms with Gasteiger partial charge in [-0.3, -0.25) is 20.1 Å². The Morgan fingerprint density at radius 3 is 2.43 bits per heavy atom. The van der Waals surface area contributed by atoms with Crippen LogP contribution in [0.2, 0.25) is 0 Å². The van der Waals surface area contributed by atoms with E-state index in [-0.39, 0.29) is 5.91 Å². The summed E-state index contributed by atoms with van der Waals surface area (Å²) in [4.78, 5) is 29.3. The third kappa shape index (κ3) is 4.33. The van der Waals surface area contributed by atoms with Crippen molar-refractivity contribution in [2.45, 2.75) is 20.8 Å². The normalized spacial score (nSPS) is 10.6. The molecule has 8 heteroatoms. The van der Waals surface area contributed by atoms with Gasteiger partial charge < -0.3 is 4.74 Å². The van der Waals surface area contributed by atoms with E-state index in [1.54, 1.807) is 36.9 Å². The van der Waals surface area contributed by atoms with Crippen molar-refractivity contribution < 1.29 is 9.53 Å². The van der Waals surface area contributed by atoms with E-state index in [2.05, 4.69) is 25.3 Å². The second kappa shape index (κ2) is 8.38. The highest BCUT2D eigenvalue weighted by Crippen LogP contribution is 2.34. The van der Waals surface area contributed by atoms with Crippen LogP contribution in [0.3, 0.4) is 0 Å². The van der Waals surface area contributed by atoms with Crippen molar-refractivity contribution in [2.75, 3.05) is 5.32 Å². The van der Waals surface area contributed by atoms with Crippen LogP contribution in [-0.2, 0) is 0 Å². The van der Waals surface area contributed by atoms with Gasteiger partial charge in [0, 0.05) is 35.1 Å². The Hall–Kier alpha value is -3.65. The molecule has 1 amide bonds. The molecule has 1 N–H and O–H groups in total. The summed E-state index contributed by atoms with van der Waals surface area (Å²) in [5, 5.41) is 5.31. The molecule has 0 atom stereocenters. The van der Waals surface area contributed by atoms with E-state index in [9.17, 15) is 4.79 Å². The van der Waals surface area contributed by atoms with Crippen LogP contribution in [-0.4, -0.2) is 25.8 Å². The van der Waals surface area contributed by atoms with Gasteiger partial charge >= 0.3 is 0 Å². The molecule has 0 saturated heterocycles. The third-order valence-corrected chi connectivity index (χ3v) is 5.14. The van der Waals surface area contributed by atoms with Crippen LogP contribution in [0.5, 0.6) is 11.6 Å². The summed E-state index contributed by atoms with van der Waals surface area (Å²) in [6.07, 6.45) is 6.44. The van der Waals surface area contributed by atoms with Crippen molar-refractivity contribution in [2.24, 2.45) is 0 Å². The number of aryl methyl sites for hydroxylation is 3. The Bertz CT molecular complexity index is 1180. The molecule has 0 aliphatic heterocycles. The zero-order valence-corrected chi connectivity index (χ0v) is 17.5. The quantitative estimate of drug-likeness (QED) is 0.493. The Labute approximate surface area is 177 Å². The van der Waals surface area contributed by atoms with E-state index in [4.69, 9.17) is 4.74 Å². The lowest BCUT2D eigenvalue weighted by Crippen LogP contribution is -2.11. The largest absolute Gasteiger partial charge is 0.437 e. The second-order valence-corrected chi connectivity index (χ2v) is 7.62. The maximum Gasteiger partial charge on any atom is 0.257 e. The molecule has 4 rings (SSSR count). The molecule has 0 aliphatic rings. The number of rotatable bonds is 5. The zero-order valence-electron chi connectivity index (χ0n) is 16.7. The summed E-state index contributed by atoms with van der Waals surface area (Å²) in [6.45, 7) is 5.88. The third-order valence-electron chi connectivity index (χ3n) is 4.38. The second-order valence-electron chi connectivity index (χ2n) is 6.76. The van der Waals surface area contributed by atoms with E-state index >= 15 is 0 Å². The summed E-state index contributed by atoms with van der Waals surface area (Å²) in [6, 6.07) is 7.22. The van der Waals surface area contributed by atoms with Gasteiger partial charge in [0.2, 0.25) is 5.88 Å². The lowest BCUT2D eigenvalue weighted by atomic mass is 10.0. The number of carbonyl (C=O) groups excluding carboxylic acids is 1. The number of hydrogen-bond acceptors (Lipinski definition) is 7. The van der Waals surface area contributed by atoms with Crippen molar-refractivity contribution in [3.05, 3.63) is 76.8 Å². The first-order valence-electron chi connectivity index (χ1n) is 9.24. The van der Waals surface area contributed by atoms with Crippen molar-refractivity contribution in [3.63, 3.8) is 0 Å². The summed E-state index contributed by atoms with van der Waals surface area (Å²) in [5.74, 6) is 0.932. The minimum Gasteiger partial charge on any atom is -0.437 e. The lowest BCUT2D eigenvalue weighted by Gasteiger charge is -2.11. The fraction of sp³-hybridized carbons (Fsp3) is 0.136. The first-order chi connectivity index (χ1) is 14.5. The van der Waals surface area contributed by atoms with Gasteiger partial charge in [0.25, 0.3) is 5.91 Å². The molecule has 3 aromatic heterocycles. The van der Waals surface area contributed by atoms with Gasteiger partial charge in [-0.15, -0.1) is 11.3 Å². The number of amides is 1. The summed E-state index contributed by atoms with van der Waals surface area (Å²) < 4.78 is 5.87. The number of hydrogen-bond donors (Lipinski definition) is 1. The van der Waals surface area contributed by atoms with Gasteiger partial charge in [-0.2, -0.15) is 0 Å². The Morgan fingerprint density at radius 2 is 1.73 bits per heavy atom. The topological polar surface area (TPSA) is 89.9 Å². The summed E-state index contributed by atoms with van der Waals surface area (Å²) in [7, 11) is 0. The monoisotopic (exact) mass is 417 g/mol. The Balaban J connectivity index is 1.55. The van der Waals surface area contributed by atoms with Gasteiger partial charge in [-0.05, 0) is 56.2 Å². The smallest absolute Gasteiger partial charge is 0.257 e. The van der Waals surface area contributed by atoms with Gasteiger partial charge in [-0.1, -0.05) is 0 Å². The fourth-order valence-corrected chi connectivity index (χ4v) is 3.81. The average molecular weight is 417 g/mol. The molecule has 3 heterocycles. The lowest BCUT2D eigenvalue weighted by molar-refractivity contribution is 0.102. The molecule has 30 heavy (non-hydrogen) atoms. The average Bonchev–Trinajstić information content (AvgIpc) is 3.16. The van der Waals surface area contributed by atoms with E-state index in [0.717, 1.165) is 28.1 Å².